The second-order valence-electron chi connectivity index (χ2n) is 7.70. The van der Waals surface area contributed by atoms with Crippen molar-refractivity contribution in [2.45, 2.75) is 18.6 Å². The first-order valence-corrected chi connectivity index (χ1v) is 12.4. The van der Waals surface area contributed by atoms with E-state index in [-0.39, 0.29) is 11.5 Å². The van der Waals surface area contributed by atoms with E-state index < -0.39 is 11.2 Å². The molecule has 0 radical (unpaired) electrons. The van der Waals surface area contributed by atoms with Crippen molar-refractivity contribution in [2.75, 3.05) is 10.2 Å². The highest BCUT2D eigenvalue weighted by molar-refractivity contribution is 9.10. The molecule has 1 N–H and O–H groups in total. The van der Waals surface area contributed by atoms with E-state index >= 15 is 0 Å². The van der Waals surface area contributed by atoms with E-state index in [9.17, 15) is 14.9 Å². The maximum atomic E-state index is 13.5. The van der Waals surface area contributed by atoms with Crippen LogP contribution in [0.4, 0.5) is 11.4 Å². The van der Waals surface area contributed by atoms with Gasteiger partial charge in [-0.15, -0.1) is 0 Å². The Morgan fingerprint density at radius 3 is 2.35 bits per heavy atom. The fourth-order valence-corrected chi connectivity index (χ4v) is 5.18. The second kappa shape index (κ2) is 10.5. The Morgan fingerprint density at radius 1 is 1.09 bits per heavy atom. The summed E-state index contributed by atoms with van der Waals surface area (Å²) in [7, 11) is 0. The van der Waals surface area contributed by atoms with Crippen molar-refractivity contribution < 1.29 is 9.59 Å². The molecule has 0 aromatic heterocycles. The van der Waals surface area contributed by atoms with E-state index in [2.05, 4.69) is 21.2 Å². The number of carbonyl (C=O) groups is 2. The van der Waals surface area contributed by atoms with E-state index in [1.807, 2.05) is 49.4 Å². The SMILES string of the molecule is Cc1ccc(NC(=O)C(C#N)=C2SC(Cc3ccc(Cl)cc3)C(=O)N2c2ccc(Br)cc2)cc1. The molecule has 34 heavy (non-hydrogen) atoms. The zero-order valence-corrected chi connectivity index (χ0v) is 21.2. The minimum absolute atomic E-state index is 0.111. The number of rotatable bonds is 5. The highest BCUT2D eigenvalue weighted by Gasteiger charge is 2.40. The summed E-state index contributed by atoms with van der Waals surface area (Å²) in [5, 5.41) is 13.2. The summed E-state index contributed by atoms with van der Waals surface area (Å²) in [6.45, 7) is 1.95. The first kappa shape index (κ1) is 24.1. The van der Waals surface area contributed by atoms with Gasteiger partial charge in [0.15, 0.2) is 0 Å². The van der Waals surface area contributed by atoms with Gasteiger partial charge in [0.25, 0.3) is 5.91 Å². The molecule has 170 valence electrons. The number of halogens is 2. The molecule has 2 amide bonds. The average molecular weight is 553 g/mol. The zero-order chi connectivity index (χ0) is 24.2. The van der Waals surface area contributed by atoms with Crippen LogP contribution in [0.2, 0.25) is 5.02 Å². The van der Waals surface area contributed by atoms with Gasteiger partial charge in [0.2, 0.25) is 5.91 Å². The van der Waals surface area contributed by atoms with Gasteiger partial charge in [-0.2, -0.15) is 5.26 Å². The number of nitrogens with one attached hydrogen (secondary N) is 1. The topological polar surface area (TPSA) is 73.2 Å². The van der Waals surface area contributed by atoms with Crippen molar-refractivity contribution in [3.05, 3.63) is 104 Å². The summed E-state index contributed by atoms with van der Waals surface area (Å²) in [4.78, 5) is 28.1. The van der Waals surface area contributed by atoms with E-state index in [4.69, 9.17) is 11.6 Å². The molecule has 1 aliphatic heterocycles. The Hall–Kier alpha value is -3.05. The zero-order valence-electron chi connectivity index (χ0n) is 18.1. The maximum Gasteiger partial charge on any atom is 0.269 e. The molecule has 0 bridgehead atoms. The lowest BCUT2D eigenvalue weighted by atomic mass is 10.1. The largest absolute Gasteiger partial charge is 0.321 e. The smallest absolute Gasteiger partial charge is 0.269 e. The molecule has 1 unspecified atom stereocenters. The van der Waals surface area contributed by atoms with Gasteiger partial charge >= 0.3 is 0 Å². The Balaban J connectivity index is 1.71. The van der Waals surface area contributed by atoms with Gasteiger partial charge in [0.1, 0.15) is 16.7 Å². The lowest BCUT2D eigenvalue weighted by Crippen LogP contribution is -2.30. The van der Waals surface area contributed by atoms with Gasteiger partial charge < -0.3 is 5.32 Å². The Morgan fingerprint density at radius 2 is 1.74 bits per heavy atom. The van der Waals surface area contributed by atoms with Crippen LogP contribution in [0, 0.1) is 18.3 Å². The van der Waals surface area contributed by atoms with Gasteiger partial charge in [-0.3, -0.25) is 14.5 Å². The molecule has 4 rings (SSSR count). The van der Waals surface area contributed by atoms with Gasteiger partial charge in [0, 0.05) is 20.9 Å². The molecule has 1 heterocycles. The van der Waals surface area contributed by atoms with E-state index in [0.29, 0.717) is 27.8 Å². The summed E-state index contributed by atoms with van der Waals surface area (Å²) in [5.74, 6) is -0.746. The van der Waals surface area contributed by atoms with Gasteiger partial charge in [-0.25, -0.2) is 0 Å². The number of nitrogens with zero attached hydrogens (tertiary/aromatic N) is 2. The Kier molecular flexibility index (Phi) is 7.42. The lowest BCUT2D eigenvalue weighted by Gasteiger charge is -2.19. The molecular weight excluding hydrogens is 534 g/mol. The number of thioether (sulfide) groups is 1. The first-order chi connectivity index (χ1) is 16.4. The average Bonchev–Trinajstić information content (AvgIpc) is 3.13. The minimum Gasteiger partial charge on any atom is -0.321 e. The number of anilines is 2. The molecule has 5 nitrogen and oxygen atoms in total. The van der Waals surface area contributed by atoms with Crippen molar-refractivity contribution in [3.63, 3.8) is 0 Å². The molecule has 1 fully saturated rings. The summed E-state index contributed by atoms with van der Waals surface area (Å²) in [6, 6.07) is 23.8. The van der Waals surface area contributed by atoms with Gasteiger partial charge in [-0.1, -0.05) is 69.1 Å². The number of carbonyl (C=O) groups excluding carboxylic acids is 2. The van der Waals surface area contributed by atoms with Crippen LogP contribution < -0.4 is 10.2 Å². The Labute approximate surface area is 215 Å². The molecule has 1 atom stereocenters. The summed E-state index contributed by atoms with van der Waals surface area (Å²) >= 11 is 10.6. The standard InChI is InChI=1S/C26H19BrClN3O2S/c1-16-2-10-20(11-3-16)30-24(32)22(15-29)26-31(21-12-6-18(27)7-13-21)25(33)23(34-26)14-17-4-8-19(28)9-5-17/h2-13,23H,14H2,1H3,(H,30,32). The second-order valence-corrected chi connectivity index (χ2v) is 10.2. The van der Waals surface area contributed by atoms with Crippen LogP contribution in [0.3, 0.4) is 0 Å². The van der Waals surface area contributed by atoms with Crippen molar-refractivity contribution in [1.29, 1.82) is 5.26 Å². The Bertz CT molecular complexity index is 1300. The van der Waals surface area contributed by atoms with Crippen molar-refractivity contribution in [2.24, 2.45) is 0 Å². The molecule has 3 aromatic carbocycles. The molecule has 3 aromatic rings. The number of benzene rings is 3. The molecule has 1 aliphatic rings. The molecular formula is C26H19BrClN3O2S. The minimum atomic E-state index is -0.559. The highest BCUT2D eigenvalue weighted by atomic mass is 79.9. The summed E-state index contributed by atoms with van der Waals surface area (Å²) in [6.07, 6.45) is 0.440. The third-order valence-electron chi connectivity index (χ3n) is 5.23. The van der Waals surface area contributed by atoms with E-state index in [1.165, 1.54) is 16.7 Å². The van der Waals surface area contributed by atoms with Crippen LogP contribution >= 0.6 is 39.3 Å². The number of hydrogen-bond acceptors (Lipinski definition) is 4. The monoisotopic (exact) mass is 551 g/mol. The summed E-state index contributed by atoms with van der Waals surface area (Å²) < 4.78 is 0.858. The van der Waals surface area contributed by atoms with Crippen LogP contribution in [0.15, 0.2) is 87.9 Å². The number of nitriles is 1. The van der Waals surface area contributed by atoms with Gasteiger partial charge in [0.05, 0.1) is 5.25 Å². The lowest BCUT2D eigenvalue weighted by molar-refractivity contribution is -0.117. The molecule has 8 heteroatoms. The predicted molar refractivity (Wildman–Crippen MR) is 141 cm³/mol. The van der Waals surface area contributed by atoms with Crippen LogP contribution in [-0.2, 0) is 16.0 Å². The number of hydrogen-bond donors (Lipinski definition) is 1. The fraction of sp³-hybridized carbons (Fsp3) is 0.115. The number of amides is 2. The van der Waals surface area contributed by atoms with Crippen LogP contribution in [-0.4, -0.2) is 17.1 Å². The number of aryl methyl sites for hydroxylation is 1. The quantitative estimate of drug-likeness (QED) is 0.291. The van der Waals surface area contributed by atoms with Crippen LogP contribution in [0.5, 0.6) is 0 Å². The molecule has 1 saturated heterocycles. The van der Waals surface area contributed by atoms with Crippen LogP contribution in [0.1, 0.15) is 11.1 Å². The highest BCUT2D eigenvalue weighted by Crippen LogP contribution is 2.42. The third-order valence-corrected chi connectivity index (χ3v) is 7.28. The molecule has 0 saturated carbocycles. The van der Waals surface area contributed by atoms with Crippen molar-refractivity contribution in [3.8, 4) is 6.07 Å². The first-order valence-electron chi connectivity index (χ1n) is 10.4. The molecule has 0 spiro atoms. The predicted octanol–water partition coefficient (Wildman–Crippen LogP) is 6.48. The molecule has 0 aliphatic carbocycles. The maximum absolute atomic E-state index is 13.5. The van der Waals surface area contributed by atoms with Crippen molar-refractivity contribution >= 4 is 62.5 Å². The fourth-order valence-electron chi connectivity index (χ4n) is 3.48. The third kappa shape index (κ3) is 5.36. The van der Waals surface area contributed by atoms with Crippen LogP contribution in [0.25, 0.3) is 0 Å². The van der Waals surface area contributed by atoms with E-state index in [0.717, 1.165) is 15.6 Å². The van der Waals surface area contributed by atoms with Gasteiger partial charge in [-0.05, 0) is 67.4 Å². The summed E-state index contributed by atoms with van der Waals surface area (Å²) in [5.41, 5.74) is 3.05. The van der Waals surface area contributed by atoms with E-state index in [1.54, 1.807) is 36.4 Å². The van der Waals surface area contributed by atoms with Crippen molar-refractivity contribution in [1.82, 2.24) is 0 Å². The normalized spacial score (nSPS) is 16.8.